The fraction of sp³-hybridized carbons (Fsp3) is 0.423. The van der Waals surface area contributed by atoms with Crippen LogP contribution in [0.4, 0.5) is 5.69 Å². The van der Waals surface area contributed by atoms with Gasteiger partial charge in [-0.2, -0.15) is 0 Å². The molecule has 0 aromatic heterocycles. The molecular weight excluding hydrogens is 420 g/mol. The van der Waals surface area contributed by atoms with E-state index in [2.05, 4.69) is 38.2 Å². The van der Waals surface area contributed by atoms with E-state index >= 15 is 0 Å². The van der Waals surface area contributed by atoms with Gasteiger partial charge in [-0.3, -0.25) is 4.79 Å². The molecule has 2 aromatic rings. The topological polar surface area (TPSA) is 108 Å². The SMILES string of the molecule is CCC(O)O/N=C(/C(=O)Nc1ccc(C(=O)O)cc1)c1ccc2c(c1)C(C)(C)CCC2(C)C. The molecule has 3 N–H and O–H groups in total. The third-order valence-corrected chi connectivity index (χ3v) is 6.35. The second kappa shape index (κ2) is 9.35. The number of carbonyl (C=O) groups excluding carboxylic acids is 1. The van der Waals surface area contributed by atoms with Crippen LogP contribution in [0.15, 0.2) is 47.6 Å². The highest BCUT2D eigenvalue weighted by molar-refractivity contribution is 6.48. The smallest absolute Gasteiger partial charge is 0.335 e. The molecule has 0 aliphatic heterocycles. The molecule has 0 radical (unpaired) electrons. The standard InChI is InChI=1S/C26H32N2O5/c1-6-21(29)33-28-22(23(30)27-18-10-7-16(8-11-18)24(31)32)17-9-12-19-20(15-17)26(4,5)14-13-25(19,2)3/h7-12,15,21,29H,6,13-14H2,1-5H3,(H,27,30)(H,31,32)/b28-22+. The molecule has 1 atom stereocenters. The number of nitrogens with zero attached hydrogens (tertiary/aromatic N) is 1. The molecule has 3 rings (SSSR count). The van der Waals surface area contributed by atoms with Crippen molar-refractivity contribution in [3.05, 3.63) is 64.7 Å². The van der Waals surface area contributed by atoms with E-state index in [0.717, 1.165) is 12.8 Å². The third-order valence-electron chi connectivity index (χ3n) is 6.35. The maximum atomic E-state index is 13.2. The van der Waals surface area contributed by atoms with Crippen molar-refractivity contribution in [1.82, 2.24) is 0 Å². The summed E-state index contributed by atoms with van der Waals surface area (Å²) in [6.45, 7) is 10.6. The number of rotatable bonds is 7. The van der Waals surface area contributed by atoms with Crippen LogP contribution in [0, 0.1) is 0 Å². The average molecular weight is 453 g/mol. The molecule has 7 nitrogen and oxygen atoms in total. The summed E-state index contributed by atoms with van der Waals surface area (Å²) in [4.78, 5) is 29.4. The fourth-order valence-corrected chi connectivity index (χ4v) is 4.04. The minimum absolute atomic E-state index is 0.0315. The molecule has 0 fully saturated rings. The number of oxime groups is 1. The number of carboxylic acid groups (broad SMARTS) is 1. The summed E-state index contributed by atoms with van der Waals surface area (Å²) in [5, 5.41) is 25.6. The molecule has 2 aromatic carbocycles. The first-order chi connectivity index (χ1) is 15.4. The van der Waals surface area contributed by atoms with Crippen LogP contribution in [0.25, 0.3) is 0 Å². The van der Waals surface area contributed by atoms with Gasteiger partial charge in [0.25, 0.3) is 5.91 Å². The van der Waals surface area contributed by atoms with Gasteiger partial charge < -0.3 is 20.4 Å². The molecule has 7 heteroatoms. The Morgan fingerprint density at radius 1 is 1.00 bits per heavy atom. The van der Waals surface area contributed by atoms with Gasteiger partial charge in [0, 0.05) is 17.7 Å². The summed E-state index contributed by atoms with van der Waals surface area (Å²) >= 11 is 0. The van der Waals surface area contributed by atoms with Gasteiger partial charge >= 0.3 is 5.97 Å². The zero-order valence-corrected chi connectivity index (χ0v) is 19.8. The van der Waals surface area contributed by atoms with Gasteiger partial charge in [-0.05, 0) is 65.1 Å². The quantitative estimate of drug-likeness (QED) is 0.317. The minimum atomic E-state index is -1.13. The van der Waals surface area contributed by atoms with Crippen molar-refractivity contribution in [2.24, 2.45) is 5.16 Å². The van der Waals surface area contributed by atoms with Crippen LogP contribution in [0.5, 0.6) is 0 Å². The number of nitrogens with one attached hydrogen (secondary N) is 1. The number of aliphatic hydroxyl groups is 1. The zero-order chi connectivity index (χ0) is 24.4. The Hall–Kier alpha value is -3.19. The van der Waals surface area contributed by atoms with Gasteiger partial charge in [0.15, 0.2) is 5.71 Å². The summed E-state index contributed by atoms with van der Waals surface area (Å²) in [7, 11) is 0. The monoisotopic (exact) mass is 452 g/mol. The van der Waals surface area contributed by atoms with E-state index in [9.17, 15) is 14.7 Å². The van der Waals surface area contributed by atoms with Gasteiger partial charge in [0.1, 0.15) is 0 Å². The number of hydrogen-bond donors (Lipinski definition) is 3. The molecule has 176 valence electrons. The number of fused-ring (bicyclic) bond motifs is 1. The predicted octanol–water partition coefficient (Wildman–Crippen LogP) is 4.82. The number of hydrogen-bond acceptors (Lipinski definition) is 5. The van der Waals surface area contributed by atoms with E-state index in [1.165, 1.54) is 35.4 Å². The highest BCUT2D eigenvalue weighted by atomic mass is 16.7. The molecule has 1 aliphatic rings. The van der Waals surface area contributed by atoms with Crippen LogP contribution in [0.2, 0.25) is 0 Å². The van der Waals surface area contributed by atoms with E-state index in [-0.39, 0.29) is 22.1 Å². The number of amides is 1. The van der Waals surface area contributed by atoms with Gasteiger partial charge in [0.05, 0.1) is 5.56 Å². The van der Waals surface area contributed by atoms with E-state index in [1.807, 2.05) is 18.2 Å². The first-order valence-corrected chi connectivity index (χ1v) is 11.2. The van der Waals surface area contributed by atoms with Crippen molar-refractivity contribution in [1.29, 1.82) is 0 Å². The largest absolute Gasteiger partial charge is 0.478 e. The molecular formula is C26H32N2O5. The van der Waals surface area contributed by atoms with Crippen LogP contribution in [0.3, 0.4) is 0 Å². The number of carbonyl (C=O) groups is 2. The zero-order valence-electron chi connectivity index (χ0n) is 19.8. The van der Waals surface area contributed by atoms with Crippen LogP contribution in [0.1, 0.15) is 80.9 Å². The van der Waals surface area contributed by atoms with Crippen molar-refractivity contribution in [2.45, 2.75) is 71.0 Å². The number of aromatic carboxylic acids is 1. The first-order valence-electron chi connectivity index (χ1n) is 11.2. The second-order valence-corrected chi connectivity index (χ2v) is 9.77. The Morgan fingerprint density at radius 2 is 1.58 bits per heavy atom. The molecule has 0 saturated heterocycles. The number of carboxylic acids is 1. The molecule has 0 spiro atoms. The molecule has 0 saturated carbocycles. The minimum Gasteiger partial charge on any atom is -0.478 e. The lowest BCUT2D eigenvalue weighted by atomic mass is 9.63. The van der Waals surface area contributed by atoms with Crippen LogP contribution < -0.4 is 5.32 Å². The molecule has 1 unspecified atom stereocenters. The molecule has 1 amide bonds. The van der Waals surface area contributed by atoms with Crippen molar-refractivity contribution < 1.29 is 24.6 Å². The van der Waals surface area contributed by atoms with Crippen molar-refractivity contribution in [3.63, 3.8) is 0 Å². The third kappa shape index (κ3) is 5.42. The normalized spacial score (nSPS) is 17.6. The van der Waals surface area contributed by atoms with Crippen LogP contribution in [-0.2, 0) is 20.5 Å². The van der Waals surface area contributed by atoms with E-state index in [0.29, 0.717) is 17.7 Å². The average Bonchev–Trinajstić information content (AvgIpc) is 2.77. The maximum absolute atomic E-state index is 13.2. The van der Waals surface area contributed by atoms with E-state index < -0.39 is 18.2 Å². The Kier molecular flexibility index (Phi) is 6.93. The summed E-state index contributed by atoms with van der Waals surface area (Å²) in [6.07, 6.45) is 1.29. The number of aliphatic hydroxyl groups excluding tert-OH is 1. The molecule has 33 heavy (non-hydrogen) atoms. The Morgan fingerprint density at radius 3 is 2.15 bits per heavy atom. The van der Waals surface area contributed by atoms with Crippen molar-refractivity contribution >= 4 is 23.3 Å². The second-order valence-electron chi connectivity index (χ2n) is 9.77. The van der Waals surface area contributed by atoms with E-state index in [1.54, 1.807) is 6.92 Å². The Balaban J connectivity index is 1.99. The maximum Gasteiger partial charge on any atom is 0.335 e. The number of benzene rings is 2. The summed E-state index contributed by atoms with van der Waals surface area (Å²) in [6, 6.07) is 11.7. The highest BCUT2D eigenvalue weighted by Gasteiger charge is 2.37. The van der Waals surface area contributed by atoms with Gasteiger partial charge in [-0.1, -0.05) is 51.9 Å². The molecule has 0 bridgehead atoms. The van der Waals surface area contributed by atoms with Gasteiger partial charge in [-0.15, -0.1) is 0 Å². The predicted molar refractivity (Wildman–Crippen MR) is 128 cm³/mol. The number of anilines is 1. The lowest BCUT2D eigenvalue weighted by molar-refractivity contribution is -0.112. The fourth-order valence-electron chi connectivity index (χ4n) is 4.04. The lowest BCUT2D eigenvalue weighted by Gasteiger charge is -2.42. The van der Waals surface area contributed by atoms with Gasteiger partial charge in [0.2, 0.25) is 6.29 Å². The van der Waals surface area contributed by atoms with Crippen molar-refractivity contribution in [3.8, 4) is 0 Å². The highest BCUT2D eigenvalue weighted by Crippen LogP contribution is 2.46. The summed E-state index contributed by atoms with van der Waals surface area (Å²) < 4.78 is 0. The summed E-state index contributed by atoms with van der Waals surface area (Å²) in [5.41, 5.74) is 3.56. The first kappa shape index (κ1) is 24.5. The van der Waals surface area contributed by atoms with Gasteiger partial charge in [-0.25, -0.2) is 4.79 Å². The molecule has 0 heterocycles. The lowest BCUT2D eigenvalue weighted by Crippen LogP contribution is -2.34. The van der Waals surface area contributed by atoms with Crippen LogP contribution in [-0.4, -0.2) is 34.1 Å². The van der Waals surface area contributed by atoms with E-state index in [4.69, 9.17) is 9.94 Å². The Labute approximate surface area is 194 Å². The summed E-state index contributed by atoms with van der Waals surface area (Å²) in [5.74, 6) is -1.56. The molecule has 1 aliphatic carbocycles. The van der Waals surface area contributed by atoms with Crippen LogP contribution >= 0.6 is 0 Å². The Bertz CT molecular complexity index is 1070. The van der Waals surface area contributed by atoms with Crippen molar-refractivity contribution in [2.75, 3.05) is 5.32 Å².